The van der Waals surface area contributed by atoms with E-state index in [1.54, 1.807) is 19.6 Å². The van der Waals surface area contributed by atoms with Crippen molar-refractivity contribution in [2.45, 2.75) is 19.6 Å². The fourth-order valence-electron chi connectivity index (χ4n) is 0.207. The Morgan fingerprint density at radius 2 is 1.62 bits per heavy atom. The molecule has 0 fully saturated rings. The fourth-order valence-corrected chi connectivity index (χ4v) is 1.86. The zero-order valence-corrected chi connectivity index (χ0v) is 7.01. The van der Waals surface area contributed by atoms with Crippen LogP contribution in [-0.2, 0) is 4.21 Å². The highest BCUT2D eigenvalue weighted by Crippen LogP contribution is 2.42. The minimum absolute atomic E-state index is 1.74. The van der Waals surface area contributed by atoms with E-state index >= 15 is 0 Å². The number of rotatable bonds is 2. The molecule has 0 unspecified atom stereocenters. The Morgan fingerprint density at radius 1 is 1.25 bits per heavy atom. The van der Waals surface area contributed by atoms with Crippen LogP contribution in [0, 0.1) is 0 Å². The second-order valence-corrected chi connectivity index (χ2v) is 7.76. The number of hydrogen-bond acceptors (Lipinski definition) is 1. The van der Waals surface area contributed by atoms with Gasteiger partial charge in [-0.2, -0.15) is 8.39 Å². The van der Waals surface area contributed by atoms with Gasteiger partial charge in [-0.1, -0.05) is 0 Å². The van der Waals surface area contributed by atoms with Crippen LogP contribution < -0.4 is 0 Å². The topological polar surface area (TPSA) is 9.23 Å². The van der Waals surface area contributed by atoms with Gasteiger partial charge in [0.1, 0.15) is 0 Å². The summed E-state index contributed by atoms with van der Waals surface area (Å²) < 4.78 is 27.1. The maximum Gasteiger partial charge on any atom is 0.404 e. The molecule has 0 radical (unpaired) electrons. The molecule has 50 valence electrons. The van der Waals surface area contributed by atoms with Crippen molar-refractivity contribution in [3.63, 3.8) is 0 Å². The third-order valence-corrected chi connectivity index (χ3v) is 3.09. The van der Waals surface area contributed by atoms with Gasteiger partial charge in [0.05, 0.1) is 0 Å². The Balaban J connectivity index is 3.39. The van der Waals surface area contributed by atoms with Gasteiger partial charge in [-0.25, -0.2) is 0 Å². The van der Waals surface area contributed by atoms with E-state index in [1.165, 1.54) is 0 Å². The van der Waals surface area contributed by atoms with Crippen molar-refractivity contribution < 1.29 is 12.6 Å². The molecule has 0 aromatic heterocycles. The minimum Gasteiger partial charge on any atom is -0.348 e. The van der Waals surface area contributed by atoms with E-state index < -0.39 is 17.1 Å². The first-order valence-corrected chi connectivity index (χ1v) is 6.67. The first-order chi connectivity index (χ1) is 3.42. The molecule has 0 saturated carbocycles. The maximum atomic E-state index is 11.4. The lowest BCUT2D eigenvalue weighted by Crippen LogP contribution is -2.21. The molecule has 0 aromatic carbocycles. The molecule has 0 saturated heterocycles. The van der Waals surface area contributed by atoms with Gasteiger partial charge in [-0.05, 0) is 19.6 Å². The summed E-state index contributed by atoms with van der Waals surface area (Å²) in [7, 11) is -5.07. The number of halogens is 2. The summed E-state index contributed by atoms with van der Waals surface area (Å²) >= 11 is 0. The Bertz CT molecular complexity index is 72.2. The molecule has 1 nitrogen and oxygen atoms in total. The Labute approximate surface area is 50.2 Å². The van der Waals surface area contributed by atoms with Gasteiger partial charge in [0.2, 0.25) is 0 Å². The SMILES string of the molecule is C[Si](C)(C)OP(F)F. The smallest absolute Gasteiger partial charge is 0.348 e. The van der Waals surface area contributed by atoms with E-state index in [-0.39, 0.29) is 0 Å². The lowest BCUT2D eigenvalue weighted by atomic mass is 11.8. The zero-order chi connectivity index (χ0) is 6.78. The van der Waals surface area contributed by atoms with Crippen LogP contribution in [0.4, 0.5) is 8.39 Å². The maximum absolute atomic E-state index is 11.4. The highest BCUT2D eigenvalue weighted by molar-refractivity contribution is 7.42. The summed E-state index contributed by atoms with van der Waals surface area (Å²) in [5.41, 5.74) is 0. The van der Waals surface area contributed by atoms with Gasteiger partial charge in [0, 0.05) is 0 Å². The standard InChI is InChI=1S/C3H9F2OPSi/c1-8(2,3)6-7(4)5/h1-3H3. The molecule has 0 amide bonds. The van der Waals surface area contributed by atoms with Crippen molar-refractivity contribution in [1.82, 2.24) is 0 Å². The summed E-state index contributed by atoms with van der Waals surface area (Å²) in [6, 6.07) is 0. The normalized spacial score (nSPS) is 12.8. The molecule has 0 aliphatic rings. The van der Waals surface area contributed by atoms with E-state index in [1.807, 2.05) is 0 Å². The molecule has 0 aromatic rings. The Kier molecular flexibility index (Phi) is 3.02. The third-order valence-electron chi connectivity index (χ3n) is 0.343. The van der Waals surface area contributed by atoms with Gasteiger partial charge >= 0.3 is 8.77 Å². The van der Waals surface area contributed by atoms with Crippen molar-refractivity contribution in [3.8, 4) is 0 Å². The quantitative estimate of drug-likeness (QED) is 0.443. The van der Waals surface area contributed by atoms with Crippen LogP contribution in [0.3, 0.4) is 0 Å². The van der Waals surface area contributed by atoms with Gasteiger partial charge in [-0.15, -0.1) is 0 Å². The summed E-state index contributed by atoms with van der Waals surface area (Å²) in [6.45, 7) is 5.21. The summed E-state index contributed by atoms with van der Waals surface area (Å²) in [6.07, 6.45) is 0. The first-order valence-electron chi connectivity index (χ1n) is 2.22. The van der Waals surface area contributed by atoms with Crippen LogP contribution in [0.25, 0.3) is 0 Å². The average Bonchev–Trinajstić information content (AvgIpc) is 1.21. The molecule has 0 rings (SSSR count). The lowest BCUT2D eigenvalue weighted by molar-refractivity contribution is 0.507. The highest BCUT2D eigenvalue weighted by Gasteiger charge is 2.20. The Hall–Kier alpha value is 0.467. The molecule has 0 aliphatic heterocycles. The van der Waals surface area contributed by atoms with Crippen molar-refractivity contribution in [2.75, 3.05) is 0 Å². The van der Waals surface area contributed by atoms with E-state index in [0.717, 1.165) is 0 Å². The third kappa shape index (κ3) is 6.47. The van der Waals surface area contributed by atoms with Gasteiger partial charge in [0.15, 0.2) is 8.32 Å². The molecular formula is C3H9F2OPSi. The predicted molar refractivity (Wildman–Crippen MR) is 33.6 cm³/mol. The molecule has 0 N–H and O–H groups in total. The lowest BCUT2D eigenvalue weighted by Gasteiger charge is -2.13. The molecular weight excluding hydrogens is 149 g/mol. The van der Waals surface area contributed by atoms with Crippen molar-refractivity contribution >= 4 is 17.1 Å². The molecule has 0 atom stereocenters. The van der Waals surface area contributed by atoms with Crippen LogP contribution in [0.5, 0.6) is 0 Å². The largest absolute Gasteiger partial charge is 0.404 e. The number of hydrogen-bond donors (Lipinski definition) is 0. The van der Waals surface area contributed by atoms with Crippen molar-refractivity contribution in [1.29, 1.82) is 0 Å². The second kappa shape index (κ2) is 2.85. The fraction of sp³-hybridized carbons (Fsp3) is 1.00. The molecule has 0 bridgehead atoms. The van der Waals surface area contributed by atoms with E-state index in [2.05, 4.69) is 4.21 Å². The zero-order valence-electron chi connectivity index (χ0n) is 5.11. The van der Waals surface area contributed by atoms with Crippen LogP contribution in [-0.4, -0.2) is 8.32 Å². The summed E-state index contributed by atoms with van der Waals surface area (Å²) in [4.78, 5) is 0. The van der Waals surface area contributed by atoms with Crippen LogP contribution in [0.1, 0.15) is 0 Å². The average molecular weight is 158 g/mol. The molecule has 0 aliphatic carbocycles. The monoisotopic (exact) mass is 158 g/mol. The molecule has 0 heterocycles. The molecule has 8 heavy (non-hydrogen) atoms. The first kappa shape index (κ1) is 8.47. The van der Waals surface area contributed by atoms with E-state index in [0.29, 0.717) is 0 Å². The van der Waals surface area contributed by atoms with Gasteiger partial charge < -0.3 is 4.21 Å². The van der Waals surface area contributed by atoms with Crippen LogP contribution in [0.15, 0.2) is 0 Å². The van der Waals surface area contributed by atoms with Crippen LogP contribution >= 0.6 is 8.77 Å². The Morgan fingerprint density at radius 3 is 1.62 bits per heavy atom. The van der Waals surface area contributed by atoms with Gasteiger partial charge in [0.25, 0.3) is 0 Å². The molecule has 5 heteroatoms. The minimum atomic E-state index is -3.13. The summed E-state index contributed by atoms with van der Waals surface area (Å²) in [5.74, 6) is 0. The van der Waals surface area contributed by atoms with Crippen LogP contribution in [0.2, 0.25) is 19.6 Å². The predicted octanol–water partition coefficient (Wildman–Crippen LogP) is 3.00. The summed E-state index contributed by atoms with van der Waals surface area (Å²) in [5, 5.41) is 0. The second-order valence-electron chi connectivity index (χ2n) is 2.41. The van der Waals surface area contributed by atoms with Crippen molar-refractivity contribution in [2.24, 2.45) is 0 Å². The highest BCUT2D eigenvalue weighted by atomic mass is 31.2. The van der Waals surface area contributed by atoms with Crippen molar-refractivity contribution in [3.05, 3.63) is 0 Å². The van der Waals surface area contributed by atoms with Gasteiger partial charge in [-0.3, -0.25) is 0 Å². The molecule has 0 spiro atoms. The van der Waals surface area contributed by atoms with E-state index in [9.17, 15) is 8.39 Å². The van der Waals surface area contributed by atoms with E-state index in [4.69, 9.17) is 0 Å².